The molecule has 4 aromatic rings. The zero-order chi connectivity index (χ0) is 22.8. The predicted octanol–water partition coefficient (Wildman–Crippen LogP) is 3.07. The highest BCUT2D eigenvalue weighted by molar-refractivity contribution is 6.33. The molecule has 5 rings (SSSR count). The van der Waals surface area contributed by atoms with E-state index in [1.807, 2.05) is 0 Å². The molecule has 0 aliphatic carbocycles. The normalized spacial score (nSPS) is 14.7. The van der Waals surface area contributed by atoms with Crippen LogP contribution in [0.15, 0.2) is 42.9 Å². The van der Waals surface area contributed by atoms with Gasteiger partial charge in [-0.25, -0.2) is 24.3 Å². The number of pyridine rings is 1. The van der Waals surface area contributed by atoms with Crippen LogP contribution >= 0.6 is 11.6 Å². The van der Waals surface area contributed by atoms with Crippen LogP contribution < -0.4 is 10.2 Å². The summed E-state index contributed by atoms with van der Waals surface area (Å²) in [6, 6.07) is 6.25. The van der Waals surface area contributed by atoms with Crippen LogP contribution in [0, 0.1) is 5.82 Å². The van der Waals surface area contributed by atoms with E-state index < -0.39 is 5.82 Å². The van der Waals surface area contributed by atoms with Crippen LogP contribution in [0.4, 0.5) is 21.8 Å². The fourth-order valence-corrected chi connectivity index (χ4v) is 4.14. The summed E-state index contributed by atoms with van der Waals surface area (Å²) >= 11 is 6.20. The Labute approximate surface area is 194 Å². The van der Waals surface area contributed by atoms with Gasteiger partial charge in [0.1, 0.15) is 28.8 Å². The molecule has 1 aliphatic rings. The van der Waals surface area contributed by atoms with Gasteiger partial charge in [-0.3, -0.25) is 4.90 Å². The molecule has 0 saturated carbocycles. The number of H-pyrrole nitrogens is 1. The quantitative estimate of drug-likeness (QED) is 0.396. The molecule has 1 aliphatic heterocycles. The maximum absolute atomic E-state index is 14.4. The van der Waals surface area contributed by atoms with Gasteiger partial charge < -0.3 is 20.3 Å². The van der Waals surface area contributed by atoms with Gasteiger partial charge in [0, 0.05) is 38.9 Å². The third kappa shape index (κ3) is 4.45. The van der Waals surface area contributed by atoms with E-state index in [9.17, 15) is 4.39 Å². The number of anilines is 3. The Kier molecular flexibility index (Phi) is 6.03. The summed E-state index contributed by atoms with van der Waals surface area (Å²) < 4.78 is 14.4. The molecular formula is C22H22ClFN8O. The van der Waals surface area contributed by atoms with Crippen molar-refractivity contribution >= 4 is 40.1 Å². The Bertz CT molecular complexity index is 1240. The number of hydrogen-bond donors (Lipinski definition) is 3. The minimum absolute atomic E-state index is 0.173. The molecule has 0 atom stereocenters. The molecule has 1 saturated heterocycles. The lowest BCUT2D eigenvalue weighted by Crippen LogP contribution is -2.47. The van der Waals surface area contributed by atoms with E-state index in [0.29, 0.717) is 35.0 Å². The van der Waals surface area contributed by atoms with Crippen molar-refractivity contribution < 1.29 is 9.50 Å². The van der Waals surface area contributed by atoms with Crippen LogP contribution in [0.1, 0.15) is 0 Å². The number of rotatable bonds is 6. The zero-order valence-corrected chi connectivity index (χ0v) is 18.4. The molecule has 9 nitrogen and oxygen atoms in total. The number of aromatic nitrogens is 5. The first-order valence-corrected chi connectivity index (χ1v) is 11.0. The number of aromatic amines is 1. The van der Waals surface area contributed by atoms with Crippen molar-refractivity contribution in [2.24, 2.45) is 0 Å². The van der Waals surface area contributed by atoms with Crippen LogP contribution in [0.3, 0.4) is 0 Å². The number of benzene rings is 1. The lowest BCUT2D eigenvalue weighted by atomic mass is 10.2. The third-order valence-corrected chi connectivity index (χ3v) is 5.92. The highest BCUT2D eigenvalue weighted by atomic mass is 35.5. The lowest BCUT2D eigenvalue weighted by Gasteiger charge is -2.34. The van der Waals surface area contributed by atoms with Gasteiger partial charge in [-0.2, -0.15) is 0 Å². The monoisotopic (exact) mass is 468 g/mol. The molecule has 1 aromatic carbocycles. The first-order chi connectivity index (χ1) is 16.1. The topological polar surface area (TPSA) is 106 Å². The molecule has 0 amide bonds. The first kappa shape index (κ1) is 21.5. The highest BCUT2D eigenvalue weighted by Crippen LogP contribution is 2.31. The van der Waals surface area contributed by atoms with Crippen LogP contribution in [-0.4, -0.2) is 74.3 Å². The summed E-state index contributed by atoms with van der Waals surface area (Å²) in [6.07, 6.45) is 4.99. The van der Waals surface area contributed by atoms with Gasteiger partial charge in [0.25, 0.3) is 0 Å². The van der Waals surface area contributed by atoms with Crippen molar-refractivity contribution in [3.05, 3.63) is 53.7 Å². The van der Waals surface area contributed by atoms with Crippen molar-refractivity contribution in [2.75, 3.05) is 49.5 Å². The number of piperazine rings is 1. The second kappa shape index (κ2) is 9.26. The molecule has 4 heterocycles. The molecule has 1 fully saturated rings. The van der Waals surface area contributed by atoms with Gasteiger partial charge >= 0.3 is 0 Å². The molecular weight excluding hydrogens is 447 g/mol. The summed E-state index contributed by atoms with van der Waals surface area (Å²) in [5, 5.41) is 12.5. The van der Waals surface area contributed by atoms with Crippen molar-refractivity contribution in [1.29, 1.82) is 0 Å². The van der Waals surface area contributed by atoms with E-state index in [2.05, 4.69) is 40.0 Å². The number of β-amino-alcohol motifs (C(OH)–C–C–N with tert-alkyl or cyclic N) is 1. The summed E-state index contributed by atoms with van der Waals surface area (Å²) in [6.45, 7) is 4.28. The van der Waals surface area contributed by atoms with Gasteiger partial charge in [-0.1, -0.05) is 17.7 Å². The van der Waals surface area contributed by atoms with E-state index in [1.54, 1.807) is 36.8 Å². The molecule has 170 valence electrons. The van der Waals surface area contributed by atoms with Gasteiger partial charge in [0.2, 0.25) is 0 Å². The largest absolute Gasteiger partial charge is 0.395 e. The zero-order valence-electron chi connectivity index (χ0n) is 17.7. The summed E-state index contributed by atoms with van der Waals surface area (Å²) in [5.74, 6) is 1.69. The maximum atomic E-state index is 14.4. The predicted molar refractivity (Wildman–Crippen MR) is 125 cm³/mol. The molecule has 0 unspecified atom stereocenters. The van der Waals surface area contributed by atoms with E-state index in [0.717, 1.165) is 32.0 Å². The fraction of sp³-hybridized carbons (Fsp3) is 0.273. The van der Waals surface area contributed by atoms with Gasteiger partial charge in [-0.05, 0) is 18.2 Å². The minimum Gasteiger partial charge on any atom is -0.395 e. The van der Waals surface area contributed by atoms with E-state index in [1.165, 1.54) is 6.07 Å². The number of nitrogens with one attached hydrogen (secondary N) is 2. The number of nitrogens with zero attached hydrogens (tertiary/aromatic N) is 6. The lowest BCUT2D eigenvalue weighted by molar-refractivity contribution is 0.188. The van der Waals surface area contributed by atoms with E-state index in [4.69, 9.17) is 16.7 Å². The van der Waals surface area contributed by atoms with Crippen molar-refractivity contribution in [3.63, 3.8) is 0 Å². The van der Waals surface area contributed by atoms with Gasteiger partial charge in [0.05, 0.1) is 35.1 Å². The van der Waals surface area contributed by atoms with Crippen molar-refractivity contribution in [3.8, 4) is 11.4 Å². The average Bonchev–Trinajstić information content (AvgIpc) is 3.25. The molecule has 0 bridgehead atoms. The second-order valence-corrected chi connectivity index (χ2v) is 8.08. The second-order valence-electron chi connectivity index (χ2n) is 7.67. The summed E-state index contributed by atoms with van der Waals surface area (Å²) in [5.41, 5.74) is 1.44. The van der Waals surface area contributed by atoms with Crippen LogP contribution in [-0.2, 0) is 0 Å². The van der Waals surface area contributed by atoms with Crippen LogP contribution in [0.2, 0.25) is 5.02 Å². The molecule has 11 heteroatoms. The number of aliphatic hydroxyl groups excluding tert-OH is 1. The van der Waals surface area contributed by atoms with Gasteiger partial charge in [0.15, 0.2) is 5.82 Å². The number of fused-ring (bicyclic) bond motifs is 1. The fourth-order valence-electron chi connectivity index (χ4n) is 3.88. The maximum Gasteiger partial charge on any atom is 0.157 e. The van der Waals surface area contributed by atoms with Crippen molar-refractivity contribution in [2.45, 2.75) is 0 Å². The SMILES string of the molecule is OCCN1CCN(c2cnc(Nc3nccc4nc(-c5c(F)cccc5Cl)[nH]c34)cn2)CC1. The number of aliphatic hydroxyl groups is 1. The Morgan fingerprint density at radius 1 is 1.09 bits per heavy atom. The standard InChI is InChI=1S/C22H22ClFN8O/c23-14-2-1-3-15(24)19(14)21-28-16-4-5-25-22(20(16)30-21)29-17-12-27-18(13-26-17)32-8-6-31(7-9-32)10-11-33/h1-5,12-13,33H,6-11H2,(H,28,30)(H,25,26,29). The Hall–Kier alpha value is -3.34. The molecule has 3 N–H and O–H groups in total. The minimum atomic E-state index is -0.456. The molecule has 0 radical (unpaired) electrons. The van der Waals surface area contributed by atoms with Crippen molar-refractivity contribution in [1.82, 2.24) is 29.8 Å². The molecule has 3 aromatic heterocycles. The van der Waals surface area contributed by atoms with E-state index in [-0.39, 0.29) is 17.2 Å². The Morgan fingerprint density at radius 2 is 1.94 bits per heavy atom. The number of imidazole rings is 1. The number of hydrogen-bond acceptors (Lipinski definition) is 8. The number of halogens is 2. The molecule has 0 spiro atoms. The Balaban J connectivity index is 1.35. The Morgan fingerprint density at radius 3 is 2.67 bits per heavy atom. The smallest absolute Gasteiger partial charge is 0.157 e. The highest BCUT2D eigenvalue weighted by Gasteiger charge is 2.19. The van der Waals surface area contributed by atoms with Crippen LogP contribution in [0.5, 0.6) is 0 Å². The van der Waals surface area contributed by atoms with Gasteiger partial charge in [-0.15, -0.1) is 0 Å². The molecule has 33 heavy (non-hydrogen) atoms. The average molecular weight is 469 g/mol. The third-order valence-electron chi connectivity index (χ3n) is 5.60. The van der Waals surface area contributed by atoms with Crippen LogP contribution in [0.25, 0.3) is 22.4 Å². The first-order valence-electron chi connectivity index (χ1n) is 10.6. The summed E-state index contributed by atoms with van der Waals surface area (Å²) in [4.78, 5) is 25.4. The summed E-state index contributed by atoms with van der Waals surface area (Å²) in [7, 11) is 0. The van der Waals surface area contributed by atoms with E-state index >= 15 is 0 Å².